The number of hydrogen-bond acceptors (Lipinski definition) is 3. The summed E-state index contributed by atoms with van der Waals surface area (Å²) >= 11 is 0. The number of aliphatic imine (C=N–C) groups is 1. The molecule has 0 aliphatic rings. The average Bonchev–Trinajstić information content (AvgIpc) is 3.09. The predicted molar refractivity (Wildman–Crippen MR) is 115 cm³/mol. The van der Waals surface area contributed by atoms with Crippen molar-refractivity contribution in [2.75, 3.05) is 12.4 Å². The van der Waals surface area contributed by atoms with E-state index in [2.05, 4.69) is 27.5 Å². The maximum Gasteiger partial charge on any atom is 0.193 e. The summed E-state index contributed by atoms with van der Waals surface area (Å²) in [6, 6.07) is 17.8. The smallest absolute Gasteiger partial charge is 0.193 e. The molecule has 0 fully saturated rings. The van der Waals surface area contributed by atoms with Crippen LogP contribution in [-0.2, 0) is 13.1 Å². The highest BCUT2D eigenvalue weighted by atomic mass is 127. The summed E-state index contributed by atoms with van der Waals surface area (Å²) in [7, 11) is 1.62. The Morgan fingerprint density at radius 2 is 1.85 bits per heavy atom. The van der Waals surface area contributed by atoms with Crippen LogP contribution in [0.2, 0.25) is 0 Å². The minimum absolute atomic E-state index is 0. The number of para-hydroxylation sites is 2. The average molecular weight is 463 g/mol. The maximum absolute atomic E-state index is 5.96. The Labute approximate surface area is 170 Å². The van der Waals surface area contributed by atoms with Crippen LogP contribution in [0.4, 0.5) is 5.69 Å². The highest BCUT2D eigenvalue weighted by molar-refractivity contribution is 14.0. The van der Waals surface area contributed by atoms with E-state index in [-0.39, 0.29) is 24.0 Å². The Bertz CT molecular complexity index is 848. The number of benzene rings is 2. The molecule has 3 aromatic rings. The molecule has 0 spiro atoms. The van der Waals surface area contributed by atoms with Gasteiger partial charge in [-0.3, -0.25) is 4.68 Å². The molecule has 136 valence electrons. The van der Waals surface area contributed by atoms with Gasteiger partial charge in [0.15, 0.2) is 5.96 Å². The van der Waals surface area contributed by atoms with Crippen molar-refractivity contribution in [3.63, 3.8) is 0 Å². The summed E-state index contributed by atoms with van der Waals surface area (Å²) in [6.07, 6.45) is 3.79. The summed E-state index contributed by atoms with van der Waals surface area (Å²) in [5.74, 6) is 1.05. The van der Waals surface area contributed by atoms with E-state index < -0.39 is 0 Å². The molecule has 0 atom stereocenters. The molecule has 2 aromatic carbocycles. The maximum atomic E-state index is 5.96. The fraction of sp³-hybridized carbons (Fsp3) is 0.158. The number of hydrogen-bond donors (Lipinski definition) is 2. The predicted octanol–water partition coefficient (Wildman–Crippen LogP) is 3.48. The number of guanidine groups is 1. The molecule has 0 aliphatic carbocycles. The van der Waals surface area contributed by atoms with Crippen LogP contribution in [0.25, 0.3) is 0 Å². The lowest BCUT2D eigenvalue weighted by Crippen LogP contribution is -2.22. The molecule has 7 heteroatoms. The van der Waals surface area contributed by atoms with E-state index >= 15 is 0 Å². The number of ether oxygens (including phenoxy) is 1. The topological polar surface area (TPSA) is 77.5 Å². The van der Waals surface area contributed by atoms with Gasteiger partial charge in [-0.1, -0.05) is 42.5 Å². The zero-order chi connectivity index (χ0) is 17.5. The molecule has 0 bridgehead atoms. The number of nitrogens with two attached hydrogens (primary N) is 1. The van der Waals surface area contributed by atoms with Gasteiger partial charge in [0.2, 0.25) is 0 Å². The van der Waals surface area contributed by atoms with E-state index in [1.54, 1.807) is 7.11 Å². The van der Waals surface area contributed by atoms with Crippen molar-refractivity contribution in [2.24, 2.45) is 10.7 Å². The molecule has 3 rings (SSSR count). The van der Waals surface area contributed by atoms with Crippen LogP contribution in [0.3, 0.4) is 0 Å². The van der Waals surface area contributed by atoms with Crippen LogP contribution in [0.5, 0.6) is 5.75 Å². The number of anilines is 1. The summed E-state index contributed by atoms with van der Waals surface area (Å²) in [6.45, 7) is 1.20. The molecular formula is C19H22IN5O. The van der Waals surface area contributed by atoms with Gasteiger partial charge in [-0.15, -0.1) is 24.0 Å². The first-order chi connectivity index (χ1) is 12.2. The van der Waals surface area contributed by atoms with Crippen molar-refractivity contribution in [1.29, 1.82) is 0 Å². The van der Waals surface area contributed by atoms with Crippen molar-refractivity contribution >= 4 is 35.6 Å². The Morgan fingerprint density at radius 3 is 2.62 bits per heavy atom. The highest BCUT2D eigenvalue weighted by Crippen LogP contribution is 2.22. The van der Waals surface area contributed by atoms with Crippen molar-refractivity contribution in [3.8, 4) is 5.75 Å². The minimum atomic E-state index is 0. The van der Waals surface area contributed by atoms with Crippen molar-refractivity contribution in [3.05, 3.63) is 78.1 Å². The Kier molecular flexibility index (Phi) is 7.46. The first-order valence-electron chi connectivity index (χ1n) is 8.00. The van der Waals surface area contributed by atoms with Gasteiger partial charge >= 0.3 is 0 Å². The summed E-state index contributed by atoms with van der Waals surface area (Å²) in [5, 5.41) is 7.42. The van der Waals surface area contributed by atoms with Crippen LogP contribution in [0.1, 0.15) is 11.1 Å². The molecule has 1 heterocycles. The van der Waals surface area contributed by atoms with Gasteiger partial charge in [0.1, 0.15) is 5.75 Å². The van der Waals surface area contributed by atoms with Crippen LogP contribution in [-0.4, -0.2) is 22.8 Å². The van der Waals surface area contributed by atoms with Crippen molar-refractivity contribution in [2.45, 2.75) is 13.1 Å². The summed E-state index contributed by atoms with van der Waals surface area (Å²) in [4.78, 5) is 4.36. The number of rotatable bonds is 6. The highest BCUT2D eigenvalue weighted by Gasteiger charge is 2.03. The third kappa shape index (κ3) is 5.48. The van der Waals surface area contributed by atoms with Gasteiger partial charge < -0.3 is 15.8 Å². The molecule has 26 heavy (non-hydrogen) atoms. The lowest BCUT2D eigenvalue weighted by atomic mass is 10.2. The monoisotopic (exact) mass is 463 g/mol. The second-order valence-corrected chi connectivity index (χ2v) is 5.56. The number of nitrogens with zero attached hydrogens (tertiary/aromatic N) is 3. The second kappa shape index (κ2) is 9.81. The van der Waals surface area contributed by atoms with E-state index in [1.807, 2.05) is 59.5 Å². The lowest BCUT2D eigenvalue weighted by Gasteiger charge is -2.09. The van der Waals surface area contributed by atoms with Crippen LogP contribution in [0.15, 0.2) is 72.0 Å². The fourth-order valence-electron chi connectivity index (χ4n) is 2.45. The quantitative estimate of drug-likeness (QED) is 0.334. The van der Waals surface area contributed by atoms with E-state index in [0.29, 0.717) is 12.5 Å². The van der Waals surface area contributed by atoms with E-state index in [4.69, 9.17) is 10.5 Å². The first kappa shape index (κ1) is 19.8. The number of methoxy groups -OCH3 is 1. The minimum Gasteiger partial charge on any atom is -0.495 e. The number of halogens is 1. The molecule has 0 saturated heterocycles. The Morgan fingerprint density at radius 1 is 1.12 bits per heavy atom. The molecule has 3 N–H and O–H groups in total. The zero-order valence-corrected chi connectivity index (χ0v) is 16.8. The van der Waals surface area contributed by atoms with Gasteiger partial charge in [0, 0.05) is 11.8 Å². The van der Waals surface area contributed by atoms with E-state index in [1.165, 1.54) is 5.56 Å². The molecular weight excluding hydrogens is 441 g/mol. The first-order valence-corrected chi connectivity index (χ1v) is 8.00. The molecule has 0 unspecified atom stereocenters. The second-order valence-electron chi connectivity index (χ2n) is 5.56. The molecule has 0 amide bonds. The summed E-state index contributed by atoms with van der Waals surface area (Å²) < 4.78 is 7.18. The van der Waals surface area contributed by atoms with Crippen molar-refractivity contribution < 1.29 is 4.74 Å². The van der Waals surface area contributed by atoms with Gasteiger partial charge in [0.25, 0.3) is 0 Å². The summed E-state index contributed by atoms with van der Waals surface area (Å²) in [5.41, 5.74) is 8.95. The van der Waals surface area contributed by atoms with Gasteiger partial charge in [-0.25, -0.2) is 4.99 Å². The normalized spacial score (nSPS) is 10.9. The van der Waals surface area contributed by atoms with Crippen molar-refractivity contribution in [1.82, 2.24) is 9.78 Å². The third-order valence-electron chi connectivity index (χ3n) is 3.68. The molecule has 6 nitrogen and oxygen atoms in total. The van der Waals surface area contributed by atoms with Gasteiger partial charge in [0.05, 0.1) is 32.1 Å². The fourth-order valence-corrected chi connectivity index (χ4v) is 2.45. The van der Waals surface area contributed by atoms with E-state index in [9.17, 15) is 0 Å². The Balaban J connectivity index is 0.00000243. The lowest BCUT2D eigenvalue weighted by molar-refractivity contribution is 0.417. The molecule has 1 aromatic heterocycles. The SMILES string of the molecule is COc1ccccc1NC(N)=NCc1cnn(Cc2ccccc2)c1.I. The van der Waals surface area contributed by atoms with Gasteiger partial charge in [-0.05, 0) is 17.7 Å². The largest absolute Gasteiger partial charge is 0.495 e. The number of aromatic nitrogens is 2. The molecule has 0 saturated carbocycles. The van der Waals surface area contributed by atoms with Crippen LogP contribution >= 0.6 is 24.0 Å². The van der Waals surface area contributed by atoms with E-state index in [0.717, 1.165) is 23.5 Å². The molecule has 0 aliphatic heterocycles. The Hall–Kier alpha value is -2.55. The zero-order valence-electron chi connectivity index (χ0n) is 14.5. The molecule has 0 radical (unpaired) electrons. The van der Waals surface area contributed by atoms with Gasteiger partial charge in [-0.2, -0.15) is 5.10 Å². The number of nitrogens with one attached hydrogen (secondary N) is 1. The van der Waals surface area contributed by atoms with Crippen LogP contribution < -0.4 is 15.8 Å². The standard InChI is InChI=1S/C19H21N5O.HI/c1-25-18-10-6-5-9-17(18)23-19(20)21-11-16-12-22-24(14-16)13-15-7-3-2-4-8-15;/h2-10,12,14H,11,13H2,1H3,(H3,20,21,23);1H. The van der Waals surface area contributed by atoms with Crippen LogP contribution in [0, 0.1) is 0 Å². The third-order valence-corrected chi connectivity index (χ3v) is 3.68.